The molecule has 1 fully saturated rings. The van der Waals surface area contributed by atoms with Crippen LogP contribution in [-0.2, 0) is 20.9 Å². The van der Waals surface area contributed by atoms with Crippen molar-refractivity contribution < 1.29 is 19.4 Å². The van der Waals surface area contributed by atoms with Gasteiger partial charge in [-0.25, -0.2) is 4.79 Å². The summed E-state index contributed by atoms with van der Waals surface area (Å²) in [7, 11) is 0. The molecule has 158 valence electrons. The summed E-state index contributed by atoms with van der Waals surface area (Å²) >= 11 is 6.20. The maximum Gasteiger partial charge on any atom is 0.379 e. The van der Waals surface area contributed by atoms with Gasteiger partial charge in [-0.05, 0) is 34.9 Å². The first-order valence-corrected chi connectivity index (χ1v) is 10.5. The molecule has 1 aromatic heterocycles. The predicted octanol–water partition coefficient (Wildman–Crippen LogP) is 5.41. The Balaban J connectivity index is 1.53. The van der Waals surface area contributed by atoms with Crippen LogP contribution < -0.4 is 0 Å². The van der Waals surface area contributed by atoms with Crippen molar-refractivity contribution >= 4 is 40.0 Å². The number of hydrogen-bond acceptors (Lipinski definition) is 4. The Labute approximate surface area is 189 Å². The van der Waals surface area contributed by atoms with Gasteiger partial charge in [0.15, 0.2) is 0 Å². The van der Waals surface area contributed by atoms with Gasteiger partial charge in [-0.3, -0.25) is 4.79 Å². The summed E-state index contributed by atoms with van der Waals surface area (Å²) in [6.45, 7) is 0.316. The molecule has 0 unspecified atom stereocenters. The summed E-state index contributed by atoms with van der Waals surface area (Å²) < 4.78 is 6.75. The largest absolute Gasteiger partial charge is 0.507 e. The summed E-state index contributed by atoms with van der Waals surface area (Å²) in [5.74, 6) is -2.03. The van der Waals surface area contributed by atoms with Gasteiger partial charge < -0.3 is 14.4 Å². The highest BCUT2D eigenvalue weighted by Crippen LogP contribution is 2.32. The lowest BCUT2D eigenvalue weighted by Crippen LogP contribution is -2.08. The minimum atomic E-state index is -0.952. The Hall–Kier alpha value is -3.83. The molecule has 0 saturated carbocycles. The van der Waals surface area contributed by atoms with Crippen LogP contribution >= 0.6 is 11.6 Å². The second-order valence-electron chi connectivity index (χ2n) is 7.63. The number of halogens is 1. The summed E-state index contributed by atoms with van der Waals surface area (Å²) in [4.78, 5) is 23.5. The third kappa shape index (κ3) is 3.57. The highest BCUT2D eigenvalue weighted by molar-refractivity contribution is 6.43. The molecular formula is C26H18ClNO4. The van der Waals surface area contributed by atoms with Crippen LogP contribution in [0.3, 0.4) is 0 Å². The van der Waals surface area contributed by atoms with Crippen LogP contribution in [0.15, 0.2) is 84.6 Å². The Morgan fingerprint density at radius 2 is 1.69 bits per heavy atom. The van der Waals surface area contributed by atoms with Crippen molar-refractivity contribution in [3.05, 3.63) is 101 Å². The van der Waals surface area contributed by atoms with Crippen molar-refractivity contribution in [1.82, 2.24) is 4.57 Å². The molecule has 1 aliphatic heterocycles. The normalized spacial score (nSPS) is 15.3. The molecule has 0 bridgehead atoms. The summed E-state index contributed by atoms with van der Waals surface area (Å²) in [6, 6.07) is 23.8. The number of hydrogen-bond donors (Lipinski definition) is 1. The van der Waals surface area contributed by atoms with Gasteiger partial charge in [-0.2, -0.15) is 0 Å². The Bertz CT molecular complexity index is 1380. The van der Waals surface area contributed by atoms with Crippen LogP contribution in [0.25, 0.3) is 27.8 Å². The minimum Gasteiger partial charge on any atom is -0.507 e. The molecule has 1 saturated heterocycles. The van der Waals surface area contributed by atoms with Gasteiger partial charge in [0.05, 0.1) is 5.57 Å². The van der Waals surface area contributed by atoms with Crippen molar-refractivity contribution in [2.24, 2.45) is 0 Å². The smallest absolute Gasteiger partial charge is 0.379 e. The number of cyclic esters (lactones) is 1. The fourth-order valence-corrected chi connectivity index (χ4v) is 4.12. The summed E-state index contributed by atoms with van der Waals surface area (Å²) in [5, 5.41) is 12.0. The standard InChI is InChI=1S/C26H18ClNO4/c27-19-10-11-23-20(12-19)21(24(29)22-15-32-26(31)25(22)30)14-28(23)13-16-6-8-18(9-7-16)17-4-2-1-3-5-17/h1-12,14,29H,13,15H2/b24-22-. The Kier molecular flexibility index (Phi) is 5.04. The van der Waals surface area contributed by atoms with Crippen molar-refractivity contribution in [1.29, 1.82) is 0 Å². The summed E-state index contributed by atoms with van der Waals surface area (Å²) in [6.07, 6.45) is 1.77. The van der Waals surface area contributed by atoms with Gasteiger partial charge in [0, 0.05) is 34.2 Å². The fraction of sp³-hybridized carbons (Fsp3) is 0.0769. The molecule has 1 N–H and O–H groups in total. The maximum absolute atomic E-state index is 12.0. The van der Waals surface area contributed by atoms with E-state index in [4.69, 9.17) is 16.3 Å². The molecule has 5 rings (SSSR count). The van der Waals surface area contributed by atoms with E-state index in [0.717, 1.165) is 22.2 Å². The van der Waals surface area contributed by atoms with Gasteiger partial charge >= 0.3 is 5.97 Å². The number of rotatable bonds is 4. The van der Waals surface area contributed by atoms with E-state index in [9.17, 15) is 14.7 Å². The van der Waals surface area contributed by atoms with Crippen LogP contribution in [0.4, 0.5) is 0 Å². The number of aliphatic hydroxyl groups is 1. The number of esters is 1. The number of aliphatic hydroxyl groups excluding tert-OH is 1. The second-order valence-corrected chi connectivity index (χ2v) is 8.06. The highest BCUT2D eigenvalue weighted by atomic mass is 35.5. The zero-order valence-electron chi connectivity index (χ0n) is 16.9. The number of ether oxygens (including phenoxy) is 1. The fourth-order valence-electron chi connectivity index (χ4n) is 3.95. The third-order valence-corrected chi connectivity index (χ3v) is 5.84. The number of aromatic nitrogens is 1. The number of ketones is 1. The molecule has 1 aliphatic rings. The van der Waals surface area contributed by atoms with Crippen LogP contribution in [0, 0.1) is 0 Å². The lowest BCUT2D eigenvalue weighted by atomic mass is 10.0. The van der Waals surface area contributed by atoms with Crippen molar-refractivity contribution in [3.8, 4) is 11.1 Å². The first-order valence-electron chi connectivity index (χ1n) is 10.1. The molecule has 0 amide bonds. The topological polar surface area (TPSA) is 68.5 Å². The van der Waals surface area contributed by atoms with Crippen molar-refractivity contribution in [2.75, 3.05) is 6.61 Å². The van der Waals surface area contributed by atoms with E-state index < -0.39 is 11.8 Å². The van der Waals surface area contributed by atoms with E-state index in [-0.39, 0.29) is 17.9 Å². The quantitative estimate of drug-likeness (QED) is 0.198. The molecule has 0 atom stereocenters. The van der Waals surface area contributed by atoms with Gasteiger partial charge in [0.2, 0.25) is 0 Å². The lowest BCUT2D eigenvalue weighted by molar-refractivity contribution is -0.146. The maximum atomic E-state index is 12.0. The van der Waals surface area contributed by atoms with E-state index in [1.165, 1.54) is 0 Å². The second kappa shape index (κ2) is 8.02. The summed E-state index contributed by atoms with van der Waals surface area (Å²) in [5.41, 5.74) is 4.60. The molecule has 0 aliphatic carbocycles. The number of carbonyl (C=O) groups excluding carboxylic acids is 2. The molecular weight excluding hydrogens is 426 g/mol. The van der Waals surface area contributed by atoms with Gasteiger partial charge in [-0.1, -0.05) is 66.2 Å². The average molecular weight is 444 g/mol. The molecule has 2 heterocycles. The molecule has 0 spiro atoms. The van der Waals surface area contributed by atoms with E-state index >= 15 is 0 Å². The van der Waals surface area contributed by atoms with Crippen molar-refractivity contribution in [3.63, 3.8) is 0 Å². The van der Waals surface area contributed by atoms with Crippen LogP contribution in [0.5, 0.6) is 0 Å². The SMILES string of the molecule is O=C1OC/C(=C(/O)c2cn(Cc3ccc(-c4ccccc4)cc3)c3ccc(Cl)cc23)C1=O. The number of nitrogens with zero attached hydrogens (tertiary/aromatic N) is 1. The highest BCUT2D eigenvalue weighted by Gasteiger charge is 2.33. The predicted molar refractivity (Wildman–Crippen MR) is 123 cm³/mol. The molecule has 32 heavy (non-hydrogen) atoms. The van der Waals surface area contributed by atoms with Gasteiger partial charge in [-0.15, -0.1) is 0 Å². The Morgan fingerprint density at radius 1 is 0.969 bits per heavy atom. The number of carbonyl (C=O) groups is 2. The zero-order valence-corrected chi connectivity index (χ0v) is 17.7. The number of Topliss-reactive ketones (excluding diaryl/α,β-unsaturated/α-hetero) is 1. The zero-order chi connectivity index (χ0) is 22.2. The van der Waals surface area contributed by atoms with E-state index in [1.54, 1.807) is 18.3 Å². The third-order valence-electron chi connectivity index (χ3n) is 5.61. The van der Waals surface area contributed by atoms with E-state index in [1.807, 2.05) is 28.8 Å². The minimum absolute atomic E-state index is 0.0405. The van der Waals surface area contributed by atoms with E-state index in [2.05, 4.69) is 36.4 Å². The average Bonchev–Trinajstić information content (AvgIpc) is 3.34. The monoisotopic (exact) mass is 443 g/mol. The molecule has 0 radical (unpaired) electrons. The van der Waals surface area contributed by atoms with Gasteiger partial charge in [0.25, 0.3) is 5.78 Å². The van der Waals surface area contributed by atoms with Crippen molar-refractivity contribution in [2.45, 2.75) is 6.54 Å². The molecule has 4 aromatic rings. The molecule has 5 nitrogen and oxygen atoms in total. The first-order chi connectivity index (χ1) is 15.5. The molecule has 6 heteroatoms. The lowest BCUT2D eigenvalue weighted by Gasteiger charge is -2.07. The molecule has 3 aromatic carbocycles. The number of benzene rings is 3. The number of fused-ring (bicyclic) bond motifs is 1. The van der Waals surface area contributed by atoms with Crippen LogP contribution in [0.2, 0.25) is 5.02 Å². The van der Waals surface area contributed by atoms with Crippen LogP contribution in [-0.4, -0.2) is 28.0 Å². The first kappa shape index (κ1) is 20.1. The Morgan fingerprint density at radius 3 is 2.38 bits per heavy atom. The van der Waals surface area contributed by atoms with Crippen LogP contribution in [0.1, 0.15) is 11.1 Å². The van der Waals surface area contributed by atoms with E-state index in [0.29, 0.717) is 22.5 Å². The van der Waals surface area contributed by atoms with Gasteiger partial charge in [0.1, 0.15) is 12.4 Å².